The quantitative estimate of drug-likeness (QED) is 0.608. The Balaban J connectivity index is 2.05. The molecule has 1 aromatic carbocycles. The molecule has 0 bridgehead atoms. The van der Waals surface area contributed by atoms with Gasteiger partial charge in [-0.3, -0.25) is 19.7 Å². The van der Waals surface area contributed by atoms with Crippen molar-refractivity contribution in [3.8, 4) is 0 Å². The van der Waals surface area contributed by atoms with Crippen LogP contribution in [0.5, 0.6) is 0 Å². The van der Waals surface area contributed by atoms with Crippen LogP contribution in [0.4, 0.5) is 11.4 Å². The van der Waals surface area contributed by atoms with Gasteiger partial charge in [-0.05, 0) is 17.9 Å². The van der Waals surface area contributed by atoms with Gasteiger partial charge in [-0.15, -0.1) is 0 Å². The zero-order valence-corrected chi connectivity index (χ0v) is 13.1. The number of non-ortho nitro benzene ring substituents is 1. The number of nitro groups is 1. The van der Waals surface area contributed by atoms with Crippen molar-refractivity contribution >= 4 is 23.2 Å². The van der Waals surface area contributed by atoms with E-state index >= 15 is 0 Å². The fourth-order valence-electron chi connectivity index (χ4n) is 2.42. The first kappa shape index (κ1) is 16.9. The number of fused-ring (bicyclic) bond motifs is 1. The van der Waals surface area contributed by atoms with Crippen LogP contribution in [0, 0.1) is 16.0 Å². The zero-order valence-electron chi connectivity index (χ0n) is 13.1. The summed E-state index contributed by atoms with van der Waals surface area (Å²) in [4.78, 5) is 35.9. The molecule has 2 amide bonds. The Morgan fingerprint density at radius 3 is 2.74 bits per heavy atom. The van der Waals surface area contributed by atoms with E-state index in [-0.39, 0.29) is 30.0 Å². The lowest BCUT2D eigenvalue weighted by molar-refractivity contribution is -0.384. The van der Waals surface area contributed by atoms with E-state index in [1.165, 1.54) is 17.0 Å². The van der Waals surface area contributed by atoms with Gasteiger partial charge in [0.2, 0.25) is 11.8 Å². The average molecular weight is 320 g/mol. The van der Waals surface area contributed by atoms with E-state index in [0.717, 1.165) is 5.56 Å². The van der Waals surface area contributed by atoms with Gasteiger partial charge in [0.05, 0.1) is 23.2 Å². The van der Waals surface area contributed by atoms with E-state index in [4.69, 9.17) is 5.73 Å². The largest absolute Gasteiger partial charge is 0.346 e. The Hall–Kier alpha value is -2.48. The summed E-state index contributed by atoms with van der Waals surface area (Å²) in [6, 6.07) is 3.81. The maximum absolute atomic E-state index is 12.3. The molecule has 124 valence electrons. The third-order valence-corrected chi connectivity index (χ3v) is 3.91. The Morgan fingerprint density at radius 1 is 1.43 bits per heavy atom. The molecule has 2 rings (SSSR count). The van der Waals surface area contributed by atoms with Crippen LogP contribution >= 0.6 is 0 Å². The van der Waals surface area contributed by atoms with E-state index in [2.05, 4.69) is 5.32 Å². The molecule has 0 radical (unpaired) electrons. The van der Waals surface area contributed by atoms with E-state index in [1.54, 1.807) is 6.07 Å². The van der Waals surface area contributed by atoms with E-state index in [0.29, 0.717) is 18.7 Å². The summed E-state index contributed by atoms with van der Waals surface area (Å²) in [6.07, 6.45) is 0.637. The van der Waals surface area contributed by atoms with Gasteiger partial charge in [0.15, 0.2) is 0 Å². The monoisotopic (exact) mass is 320 g/mol. The number of hydrogen-bond donors (Lipinski definition) is 2. The molecule has 0 saturated heterocycles. The lowest BCUT2D eigenvalue weighted by Gasteiger charge is -2.19. The van der Waals surface area contributed by atoms with Crippen LogP contribution in [-0.2, 0) is 16.0 Å². The van der Waals surface area contributed by atoms with Crippen molar-refractivity contribution in [2.24, 2.45) is 11.7 Å². The molecule has 8 nitrogen and oxygen atoms in total. The highest BCUT2D eigenvalue weighted by molar-refractivity contribution is 5.99. The van der Waals surface area contributed by atoms with Gasteiger partial charge in [0.25, 0.3) is 5.69 Å². The van der Waals surface area contributed by atoms with Crippen molar-refractivity contribution in [2.45, 2.75) is 26.3 Å². The van der Waals surface area contributed by atoms with Crippen LogP contribution in [0.1, 0.15) is 19.4 Å². The van der Waals surface area contributed by atoms with Gasteiger partial charge in [-0.1, -0.05) is 19.9 Å². The SMILES string of the molecule is CC(C)[C@H](N)C(=O)NCC(=O)N1CCc2ccc([N+](=O)[O-])cc21. The molecule has 1 atom stereocenters. The van der Waals surface area contributed by atoms with E-state index < -0.39 is 11.0 Å². The highest BCUT2D eigenvalue weighted by Crippen LogP contribution is 2.31. The van der Waals surface area contributed by atoms with Gasteiger partial charge in [-0.25, -0.2) is 0 Å². The van der Waals surface area contributed by atoms with Crippen molar-refractivity contribution in [3.05, 3.63) is 33.9 Å². The van der Waals surface area contributed by atoms with Gasteiger partial charge in [-0.2, -0.15) is 0 Å². The minimum Gasteiger partial charge on any atom is -0.346 e. The molecule has 1 heterocycles. The lowest BCUT2D eigenvalue weighted by atomic mass is 10.1. The summed E-state index contributed by atoms with van der Waals surface area (Å²) in [5.41, 5.74) is 7.07. The summed E-state index contributed by atoms with van der Waals surface area (Å²) in [5, 5.41) is 13.4. The highest BCUT2D eigenvalue weighted by Gasteiger charge is 2.27. The number of carbonyl (C=O) groups excluding carboxylic acids is 2. The standard InChI is InChI=1S/C15H20N4O4/c1-9(2)14(16)15(21)17-8-13(20)18-6-5-10-3-4-11(19(22)23)7-12(10)18/h3-4,7,9,14H,5-6,8,16H2,1-2H3,(H,17,21)/t14-/m0/s1. The molecule has 0 aliphatic carbocycles. The van der Waals surface area contributed by atoms with Crippen LogP contribution in [-0.4, -0.2) is 35.9 Å². The number of amides is 2. The smallest absolute Gasteiger partial charge is 0.271 e. The number of nitro benzene ring substituents is 1. The predicted octanol–water partition coefficient (Wildman–Crippen LogP) is 0.583. The first-order valence-corrected chi connectivity index (χ1v) is 7.42. The maximum Gasteiger partial charge on any atom is 0.271 e. The van der Waals surface area contributed by atoms with Crippen LogP contribution in [0.2, 0.25) is 0 Å². The van der Waals surface area contributed by atoms with Crippen molar-refractivity contribution in [2.75, 3.05) is 18.0 Å². The lowest BCUT2D eigenvalue weighted by Crippen LogP contribution is -2.47. The van der Waals surface area contributed by atoms with Crippen molar-refractivity contribution < 1.29 is 14.5 Å². The molecule has 0 unspecified atom stereocenters. The van der Waals surface area contributed by atoms with E-state index in [9.17, 15) is 19.7 Å². The van der Waals surface area contributed by atoms with Crippen molar-refractivity contribution in [3.63, 3.8) is 0 Å². The number of nitrogens with one attached hydrogen (secondary N) is 1. The van der Waals surface area contributed by atoms with Gasteiger partial charge < -0.3 is 16.0 Å². The minimum atomic E-state index is -0.672. The molecule has 23 heavy (non-hydrogen) atoms. The minimum absolute atomic E-state index is 0.0275. The van der Waals surface area contributed by atoms with Crippen LogP contribution in [0.25, 0.3) is 0 Å². The zero-order chi connectivity index (χ0) is 17.1. The summed E-state index contributed by atoms with van der Waals surface area (Å²) < 4.78 is 0. The molecule has 1 aromatic rings. The summed E-state index contributed by atoms with van der Waals surface area (Å²) in [6.45, 7) is 3.91. The van der Waals surface area contributed by atoms with Gasteiger partial charge in [0, 0.05) is 18.7 Å². The number of rotatable bonds is 5. The Morgan fingerprint density at radius 2 is 2.13 bits per heavy atom. The molecule has 1 aliphatic heterocycles. The number of nitrogens with zero attached hydrogens (tertiary/aromatic N) is 2. The third-order valence-electron chi connectivity index (χ3n) is 3.91. The topological polar surface area (TPSA) is 119 Å². The Kier molecular flexibility index (Phi) is 4.95. The first-order valence-electron chi connectivity index (χ1n) is 7.42. The van der Waals surface area contributed by atoms with Gasteiger partial charge in [0.1, 0.15) is 0 Å². The fourth-order valence-corrected chi connectivity index (χ4v) is 2.42. The van der Waals surface area contributed by atoms with Crippen LogP contribution in [0.3, 0.4) is 0 Å². The summed E-state index contributed by atoms with van der Waals surface area (Å²) >= 11 is 0. The van der Waals surface area contributed by atoms with Crippen LogP contribution in [0.15, 0.2) is 18.2 Å². The fraction of sp³-hybridized carbons (Fsp3) is 0.467. The number of hydrogen-bond acceptors (Lipinski definition) is 5. The number of benzene rings is 1. The Bertz CT molecular complexity index is 644. The molecule has 0 fully saturated rings. The number of anilines is 1. The molecule has 8 heteroatoms. The van der Waals surface area contributed by atoms with Crippen molar-refractivity contribution in [1.29, 1.82) is 0 Å². The molecule has 1 aliphatic rings. The molecular weight excluding hydrogens is 300 g/mol. The number of nitrogens with two attached hydrogens (primary N) is 1. The first-order chi connectivity index (χ1) is 10.8. The Labute approximate surface area is 133 Å². The van der Waals surface area contributed by atoms with Gasteiger partial charge >= 0.3 is 0 Å². The van der Waals surface area contributed by atoms with Crippen molar-refractivity contribution in [1.82, 2.24) is 5.32 Å². The second kappa shape index (κ2) is 6.74. The number of carbonyl (C=O) groups is 2. The summed E-state index contributed by atoms with van der Waals surface area (Å²) in [7, 11) is 0. The second-order valence-corrected chi connectivity index (χ2v) is 5.85. The normalized spacial score (nSPS) is 14.5. The summed E-state index contributed by atoms with van der Waals surface area (Å²) in [5.74, 6) is -0.722. The highest BCUT2D eigenvalue weighted by atomic mass is 16.6. The van der Waals surface area contributed by atoms with E-state index in [1.807, 2.05) is 13.8 Å². The molecule has 0 saturated carbocycles. The third kappa shape index (κ3) is 3.65. The molecular formula is C15H20N4O4. The molecule has 0 spiro atoms. The average Bonchev–Trinajstić information content (AvgIpc) is 2.94. The van der Waals surface area contributed by atoms with Crippen LogP contribution < -0.4 is 16.0 Å². The maximum atomic E-state index is 12.3. The molecule has 3 N–H and O–H groups in total. The molecule has 0 aromatic heterocycles. The second-order valence-electron chi connectivity index (χ2n) is 5.85. The predicted molar refractivity (Wildman–Crippen MR) is 85.0 cm³/mol.